The lowest BCUT2D eigenvalue weighted by Gasteiger charge is -2.08. The van der Waals surface area contributed by atoms with Crippen LogP contribution < -0.4 is 5.32 Å². The first kappa shape index (κ1) is 11.3. The van der Waals surface area contributed by atoms with E-state index >= 15 is 0 Å². The number of rotatable bonds is 4. The molecule has 0 saturated carbocycles. The summed E-state index contributed by atoms with van der Waals surface area (Å²) in [5, 5.41) is 23.4. The summed E-state index contributed by atoms with van der Waals surface area (Å²) in [5.74, 6) is 0.372. The number of phenols is 2. The van der Waals surface area contributed by atoms with Gasteiger partial charge in [-0.05, 0) is 47.0 Å². The van der Waals surface area contributed by atoms with Gasteiger partial charge in [0.2, 0.25) is 6.41 Å². The van der Waals surface area contributed by atoms with Gasteiger partial charge in [0.1, 0.15) is 11.5 Å². The van der Waals surface area contributed by atoms with Gasteiger partial charge in [0.05, 0.1) is 0 Å². The van der Waals surface area contributed by atoms with Gasteiger partial charge < -0.3 is 15.5 Å². The smallest absolute Gasteiger partial charge is 0.207 e. The second-order valence-electron chi connectivity index (χ2n) is 3.83. The number of hydrogen-bond donors (Lipinski definition) is 3. The molecule has 4 heteroatoms. The van der Waals surface area contributed by atoms with Crippen molar-refractivity contribution < 1.29 is 15.0 Å². The first-order valence-corrected chi connectivity index (χ1v) is 5.32. The van der Waals surface area contributed by atoms with Crippen molar-refractivity contribution in [2.45, 2.75) is 6.42 Å². The van der Waals surface area contributed by atoms with E-state index in [1.54, 1.807) is 30.3 Å². The summed E-state index contributed by atoms with van der Waals surface area (Å²) in [6.07, 6.45) is 1.25. The van der Waals surface area contributed by atoms with Gasteiger partial charge in [-0.25, -0.2) is 0 Å². The minimum atomic E-state index is 0.185. The zero-order valence-electron chi connectivity index (χ0n) is 9.18. The fraction of sp³-hybridized carbons (Fsp3) is 0.154. The van der Waals surface area contributed by atoms with Crippen molar-refractivity contribution in [3.05, 3.63) is 35.9 Å². The fourth-order valence-electron chi connectivity index (χ4n) is 1.88. The van der Waals surface area contributed by atoms with E-state index in [1.807, 2.05) is 0 Å². The Hall–Kier alpha value is -2.23. The van der Waals surface area contributed by atoms with Crippen LogP contribution in [-0.2, 0) is 11.2 Å². The zero-order chi connectivity index (χ0) is 12.3. The quantitative estimate of drug-likeness (QED) is 0.552. The average Bonchev–Trinajstić information content (AvgIpc) is 2.30. The summed E-state index contributed by atoms with van der Waals surface area (Å²) in [6, 6.07) is 8.28. The molecule has 1 amide bonds. The Morgan fingerprint density at radius 1 is 1.12 bits per heavy atom. The van der Waals surface area contributed by atoms with E-state index in [0.717, 1.165) is 16.3 Å². The number of fused-ring (bicyclic) bond motifs is 1. The first-order chi connectivity index (χ1) is 8.20. The Kier molecular flexibility index (Phi) is 3.14. The van der Waals surface area contributed by atoms with Crippen LogP contribution in [0.5, 0.6) is 11.5 Å². The molecule has 0 unspecified atom stereocenters. The highest BCUT2D eigenvalue weighted by Gasteiger charge is 2.04. The second kappa shape index (κ2) is 4.74. The number of phenolic OH excluding ortho intramolecular Hbond substituents is 2. The molecule has 2 rings (SSSR count). The Labute approximate surface area is 98.5 Å². The molecule has 0 fully saturated rings. The summed E-state index contributed by atoms with van der Waals surface area (Å²) in [4.78, 5) is 10.2. The maximum absolute atomic E-state index is 10.2. The highest BCUT2D eigenvalue weighted by atomic mass is 16.3. The molecule has 0 aromatic heterocycles. The van der Waals surface area contributed by atoms with Crippen LogP contribution in [0, 0.1) is 0 Å². The molecular formula is C13H13NO3. The monoisotopic (exact) mass is 231 g/mol. The molecule has 2 aromatic rings. The number of amides is 1. The number of nitrogens with one attached hydrogen (secondary N) is 1. The Morgan fingerprint density at radius 2 is 1.94 bits per heavy atom. The average molecular weight is 231 g/mol. The highest BCUT2D eigenvalue weighted by Crippen LogP contribution is 2.27. The second-order valence-corrected chi connectivity index (χ2v) is 3.83. The standard InChI is InChI=1S/C13H13NO3/c15-8-14-4-3-10-6-12(17)5-9-1-2-11(16)7-13(9)10/h1-2,5-8,16-17H,3-4H2,(H,14,15). The van der Waals surface area contributed by atoms with E-state index < -0.39 is 0 Å². The minimum absolute atomic E-state index is 0.185. The van der Waals surface area contributed by atoms with Crippen LogP contribution in [0.1, 0.15) is 5.56 Å². The van der Waals surface area contributed by atoms with Crippen molar-refractivity contribution in [2.75, 3.05) is 6.54 Å². The van der Waals surface area contributed by atoms with Crippen molar-refractivity contribution in [2.24, 2.45) is 0 Å². The van der Waals surface area contributed by atoms with Gasteiger partial charge in [0, 0.05) is 6.54 Å². The predicted molar refractivity (Wildman–Crippen MR) is 65.0 cm³/mol. The third-order valence-electron chi connectivity index (χ3n) is 2.63. The molecule has 17 heavy (non-hydrogen) atoms. The lowest BCUT2D eigenvalue weighted by molar-refractivity contribution is -0.109. The fourth-order valence-corrected chi connectivity index (χ4v) is 1.88. The maximum Gasteiger partial charge on any atom is 0.207 e. The number of hydrogen-bond acceptors (Lipinski definition) is 3. The Bertz CT molecular complexity index is 552. The normalized spacial score (nSPS) is 10.4. The molecule has 0 radical (unpaired) electrons. The van der Waals surface area contributed by atoms with Crippen LogP contribution in [0.15, 0.2) is 30.3 Å². The summed E-state index contributed by atoms with van der Waals surface area (Å²) in [6.45, 7) is 0.498. The Balaban J connectivity index is 2.44. The molecule has 88 valence electrons. The molecule has 0 aliphatic heterocycles. The summed E-state index contributed by atoms with van der Waals surface area (Å²) < 4.78 is 0. The zero-order valence-corrected chi connectivity index (χ0v) is 9.18. The molecule has 0 aliphatic carbocycles. The molecule has 2 aromatic carbocycles. The molecule has 4 nitrogen and oxygen atoms in total. The molecule has 0 aliphatic rings. The summed E-state index contributed by atoms with van der Waals surface area (Å²) >= 11 is 0. The van der Waals surface area contributed by atoms with Crippen molar-refractivity contribution in [3.63, 3.8) is 0 Å². The van der Waals surface area contributed by atoms with Crippen molar-refractivity contribution in [1.82, 2.24) is 5.32 Å². The third kappa shape index (κ3) is 2.47. The van der Waals surface area contributed by atoms with Crippen LogP contribution in [0.4, 0.5) is 0 Å². The first-order valence-electron chi connectivity index (χ1n) is 5.32. The van der Waals surface area contributed by atoms with E-state index in [4.69, 9.17) is 0 Å². The van der Waals surface area contributed by atoms with Crippen LogP contribution in [0.3, 0.4) is 0 Å². The number of carbonyl (C=O) groups excluding carboxylic acids is 1. The SMILES string of the molecule is O=CNCCc1cc(O)cc2ccc(O)cc12. The van der Waals surface area contributed by atoms with Crippen molar-refractivity contribution in [1.29, 1.82) is 0 Å². The van der Waals surface area contributed by atoms with Gasteiger partial charge in [-0.3, -0.25) is 4.79 Å². The van der Waals surface area contributed by atoms with Crippen LogP contribution in [0.2, 0.25) is 0 Å². The lowest BCUT2D eigenvalue weighted by atomic mass is 10.0. The van der Waals surface area contributed by atoms with Crippen LogP contribution in [-0.4, -0.2) is 23.2 Å². The van der Waals surface area contributed by atoms with Crippen LogP contribution in [0.25, 0.3) is 10.8 Å². The molecule has 0 saturated heterocycles. The van der Waals surface area contributed by atoms with E-state index in [0.29, 0.717) is 19.4 Å². The van der Waals surface area contributed by atoms with Gasteiger partial charge in [-0.1, -0.05) is 6.07 Å². The summed E-state index contributed by atoms with van der Waals surface area (Å²) in [5.41, 5.74) is 0.894. The molecule has 0 bridgehead atoms. The number of aromatic hydroxyl groups is 2. The topological polar surface area (TPSA) is 69.6 Å². The molecular weight excluding hydrogens is 218 g/mol. The molecule has 0 heterocycles. The number of carbonyl (C=O) groups is 1. The maximum atomic E-state index is 10.2. The molecule has 0 atom stereocenters. The third-order valence-corrected chi connectivity index (χ3v) is 2.63. The van der Waals surface area contributed by atoms with Gasteiger partial charge in [-0.2, -0.15) is 0 Å². The Morgan fingerprint density at radius 3 is 2.71 bits per heavy atom. The molecule has 3 N–H and O–H groups in total. The highest BCUT2D eigenvalue weighted by molar-refractivity contribution is 5.88. The lowest BCUT2D eigenvalue weighted by Crippen LogP contribution is -2.14. The van der Waals surface area contributed by atoms with Crippen LogP contribution >= 0.6 is 0 Å². The van der Waals surface area contributed by atoms with Crippen molar-refractivity contribution in [3.8, 4) is 11.5 Å². The van der Waals surface area contributed by atoms with Gasteiger partial charge >= 0.3 is 0 Å². The van der Waals surface area contributed by atoms with E-state index in [2.05, 4.69) is 5.32 Å². The summed E-state index contributed by atoms with van der Waals surface area (Å²) in [7, 11) is 0. The van der Waals surface area contributed by atoms with Gasteiger partial charge in [0.15, 0.2) is 0 Å². The number of benzene rings is 2. The van der Waals surface area contributed by atoms with Gasteiger partial charge in [0.25, 0.3) is 0 Å². The van der Waals surface area contributed by atoms with Crippen molar-refractivity contribution >= 4 is 17.2 Å². The minimum Gasteiger partial charge on any atom is -0.508 e. The largest absolute Gasteiger partial charge is 0.508 e. The molecule has 0 spiro atoms. The van der Waals surface area contributed by atoms with Gasteiger partial charge in [-0.15, -0.1) is 0 Å². The van der Waals surface area contributed by atoms with E-state index in [1.165, 1.54) is 0 Å². The predicted octanol–water partition coefficient (Wildman–Crippen LogP) is 1.54. The van der Waals surface area contributed by atoms with E-state index in [-0.39, 0.29) is 11.5 Å². The van der Waals surface area contributed by atoms with E-state index in [9.17, 15) is 15.0 Å².